The zero-order valence-corrected chi connectivity index (χ0v) is 17.2. The maximum Gasteiger partial charge on any atom is 0.243 e. The number of hydrogen-bond acceptors (Lipinski definition) is 4. The van der Waals surface area contributed by atoms with E-state index < -0.39 is 10.0 Å². The summed E-state index contributed by atoms with van der Waals surface area (Å²) in [6.07, 6.45) is 1.79. The van der Waals surface area contributed by atoms with E-state index >= 15 is 0 Å². The van der Waals surface area contributed by atoms with Gasteiger partial charge in [0.15, 0.2) is 0 Å². The Morgan fingerprint density at radius 1 is 1.11 bits per heavy atom. The third-order valence-corrected chi connectivity index (χ3v) is 7.58. The average Bonchev–Trinajstić information content (AvgIpc) is 3.18. The van der Waals surface area contributed by atoms with Crippen LogP contribution < -0.4 is 5.32 Å². The summed E-state index contributed by atoms with van der Waals surface area (Å²) < 4.78 is 26.8. The number of rotatable bonds is 6. The molecule has 2 aromatic carbocycles. The lowest BCUT2D eigenvalue weighted by atomic mass is 10.2. The van der Waals surface area contributed by atoms with Crippen molar-refractivity contribution >= 4 is 33.4 Å². The molecule has 7 heteroatoms. The third-order valence-electron chi connectivity index (χ3n) is 4.52. The fraction of sp³-hybridized carbons (Fsp3) is 0.350. The fourth-order valence-corrected chi connectivity index (χ4v) is 5.50. The molecule has 1 amide bonds. The van der Waals surface area contributed by atoms with Crippen LogP contribution in [-0.4, -0.2) is 37.5 Å². The van der Waals surface area contributed by atoms with Crippen LogP contribution in [0, 0.1) is 13.8 Å². The molecule has 5 nitrogen and oxygen atoms in total. The molecule has 3 rings (SSSR count). The van der Waals surface area contributed by atoms with Gasteiger partial charge in [-0.1, -0.05) is 23.8 Å². The van der Waals surface area contributed by atoms with Crippen LogP contribution in [0.15, 0.2) is 52.3 Å². The maximum absolute atomic E-state index is 12.7. The zero-order chi connectivity index (χ0) is 19.4. The molecular weight excluding hydrogens is 380 g/mol. The molecule has 2 aromatic rings. The highest BCUT2D eigenvalue weighted by Gasteiger charge is 2.27. The van der Waals surface area contributed by atoms with Gasteiger partial charge in [0.25, 0.3) is 0 Å². The zero-order valence-electron chi connectivity index (χ0n) is 15.6. The van der Waals surface area contributed by atoms with Crippen LogP contribution in [0.4, 0.5) is 5.69 Å². The van der Waals surface area contributed by atoms with E-state index in [1.54, 1.807) is 18.2 Å². The van der Waals surface area contributed by atoms with Crippen molar-refractivity contribution in [1.82, 2.24) is 4.31 Å². The smallest absolute Gasteiger partial charge is 0.243 e. The van der Waals surface area contributed by atoms with E-state index in [-0.39, 0.29) is 16.6 Å². The third kappa shape index (κ3) is 4.91. The van der Waals surface area contributed by atoms with Crippen molar-refractivity contribution in [3.05, 3.63) is 53.6 Å². The predicted octanol–water partition coefficient (Wildman–Crippen LogP) is 3.82. The van der Waals surface area contributed by atoms with Gasteiger partial charge in [-0.25, -0.2) is 8.42 Å². The maximum atomic E-state index is 12.7. The quantitative estimate of drug-likeness (QED) is 0.744. The number of thioether (sulfide) groups is 1. The monoisotopic (exact) mass is 404 g/mol. The van der Waals surface area contributed by atoms with Crippen molar-refractivity contribution in [3.63, 3.8) is 0 Å². The number of sulfonamides is 1. The molecular formula is C20H24N2O3S2. The van der Waals surface area contributed by atoms with Gasteiger partial charge in [-0.05, 0) is 56.5 Å². The first-order chi connectivity index (χ1) is 12.9. The van der Waals surface area contributed by atoms with E-state index in [0.717, 1.165) is 28.9 Å². The van der Waals surface area contributed by atoms with Crippen LogP contribution in [0.1, 0.15) is 24.0 Å². The fourth-order valence-electron chi connectivity index (χ4n) is 3.02. The largest absolute Gasteiger partial charge is 0.325 e. The van der Waals surface area contributed by atoms with Gasteiger partial charge in [0.1, 0.15) is 0 Å². The Labute approximate surface area is 165 Å². The Morgan fingerprint density at radius 3 is 2.59 bits per heavy atom. The second-order valence-electron chi connectivity index (χ2n) is 6.74. The number of amides is 1. The van der Waals surface area contributed by atoms with Crippen molar-refractivity contribution in [3.8, 4) is 0 Å². The van der Waals surface area contributed by atoms with E-state index in [4.69, 9.17) is 0 Å². The Kier molecular flexibility index (Phi) is 6.24. The number of benzene rings is 2. The van der Waals surface area contributed by atoms with Crippen molar-refractivity contribution < 1.29 is 13.2 Å². The summed E-state index contributed by atoms with van der Waals surface area (Å²) in [5.41, 5.74) is 2.79. The molecule has 1 N–H and O–H groups in total. The van der Waals surface area contributed by atoms with E-state index in [0.29, 0.717) is 18.8 Å². The van der Waals surface area contributed by atoms with Crippen molar-refractivity contribution in [2.75, 3.05) is 24.2 Å². The van der Waals surface area contributed by atoms with E-state index in [2.05, 4.69) is 11.4 Å². The molecule has 1 aliphatic rings. The summed E-state index contributed by atoms with van der Waals surface area (Å²) in [6, 6.07) is 12.6. The Hall–Kier alpha value is -1.83. The molecule has 0 unspecified atom stereocenters. The summed E-state index contributed by atoms with van der Waals surface area (Å²) in [5, 5.41) is 2.81. The van der Waals surface area contributed by atoms with Crippen LogP contribution >= 0.6 is 11.8 Å². The first-order valence-electron chi connectivity index (χ1n) is 8.96. The van der Waals surface area contributed by atoms with Crippen LogP contribution in [0.5, 0.6) is 0 Å². The second-order valence-corrected chi connectivity index (χ2v) is 9.70. The van der Waals surface area contributed by atoms with Gasteiger partial charge < -0.3 is 5.32 Å². The minimum absolute atomic E-state index is 0.156. The number of hydrogen-bond donors (Lipinski definition) is 1. The number of nitrogens with zero attached hydrogens (tertiary/aromatic N) is 1. The summed E-state index contributed by atoms with van der Waals surface area (Å²) in [7, 11) is -3.49. The number of carbonyl (C=O) groups is 1. The normalized spacial score (nSPS) is 15.0. The molecule has 0 spiro atoms. The molecule has 0 atom stereocenters. The highest BCUT2D eigenvalue weighted by atomic mass is 32.2. The van der Waals surface area contributed by atoms with Crippen molar-refractivity contribution in [2.24, 2.45) is 0 Å². The van der Waals surface area contributed by atoms with Gasteiger partial charge in [-0.15, -0.1) is 11.8 Å². The van der Waals surface area contributed by atoms with Crippen LogP contribution in [0.3, 0.4) is 0 Å². The molecule has 1 aliphatic heterocycles. The summed E-state index contributed by atoms with van der Waals surface area (Å²) >= 11 is 1.48. The number of nitrogens with one attached hydrogen (secondary N) is 1. The van der Waals surface area contributed by atoms with Gasteiger partial charge in [0.2, 0.25) is 15.9 Å². The first-order valence-corrected chi connectivity index (χ1v) is 11.4. The van der Waals surface area contributed by atoms with Crippen molar-refractivity contribution in [1.29, 1.82) is 0 Å². The number of carbonyl (C=O) groups excluding carboxylic acids is 1. The Bertz CT molecular complexity index is 936. The lowest BCUT2D eigenvalue weighted by Gasteiger charge is -2.16. The molecule has 1 fully saturated rings. The van der Waals surface area contributed by atoms with Gasteiger partial charge in [0.05, 0.1) is 10.6 Å². The van der Waals surface area contributed by atoms with Gasteiger partial charge >= 0.3 is 0 Å². The van der Waals surface area contributed by atoms with Gasteiger partial charge in [-0.2, -0.15) is 4.31 Å². The van der Waals surface area contributed by atoms with E-state index in [1.165, 1.54) is 22.1 Å². The van der Waals surface area contributed by atoms with Crippen molar-refractivity contribution in [2.45, 2.75) is 36.5 Å². The van der Waals surface area contributed by atoms with E-state index in [1.807, 2.05) is 26.0 Å². The van der Waals surface area contributed by atoms with Gasteiger partial charge in [0, 0.05) is 23.7 Å². The second kappa shape index (κ2) is 8.46. The molecule has 144 valence electrons. The van der Waals surface area contributed by atoms with Crippen LogP contribution in [-0.2, 0) is 14.8 Å². The topological polar surface area (TPSA) is 66.5 Å². The minimum atomic E-state index is -3.49. The average molecular weight is 405 g/mol. The molecule has 0 saturated carbocycles. The molecule has 0 radical (unpaired) electrons. The summed E-state index contributed by atoms with van der Waals surface area (Å²) in [4.78, 5) is 13.6. The van der Waals surface area contributed by atoms with E-state index in [9.17, 15) is 13.2 Å². The molecule has 1 saturated heterocycles. The SMILES string of the molecule is Cc1ccc(C)c(SCC(=O)Nc2cccc(S(=O)(=O)N3CCCC3)c2)c1. The van der Waals surface area contributed by atoms with Crippen LogP contribution in [0.2, 0.25) is 0 Å². The summed E-state index contributed by atoms with van der Waals surface area (Å²) in [5.74, 6) is 0.115. The minimum Gasteiger partial charge on any atom is -0.325 e. The van der Waals surface area contributed by atoms with Crippen LogP contribution in [0.25, 0.3) is 0 Å². The predicted molar refractivity (Wildman–Crippen MR) is 110 cm³/mol. The summed E-state index contributed by atoms with van der Waals surface area (Å²) in [6.45, 7) is 5.17. The first kappa shape index (κ1) is 19.9. The molecule has 1 heterocycles. The lowest BCUT2D eigenvalue weighted by Crippen LogP contribution is -2.28. The van der Waals surface area contributed by atoms with Gasteiger partial charge in [-0.3, -0.25) is 4.79 Å². The highest BCUT2D eigenvalue weighted by molar-refractivity contribution is 8.00. The Morgan fingerprint density at radius 2 is 1.85 bits per heavy atom. The molecule has 27 heavy (non-hydrogen) atoms. The Balaban J connectivity index is 1.65. The standard InChI is InChI=1S/C20H24N2O3S2/c1-15-8-9-16(2)19(12-15)26-14-20(23)21-17-6-5-7-18(13-17)27(24,25)22-10-3-4-11-22/h5-9,12-13H,3-4,10-11,14H2,1-2H3,(H,21,23). The molecule has 0 bridgehead atoms. The number of anilines is 1. The molecule has 0 aromatic heterocycles. The lowest BCUT2D eigenvalue weighted by molar-refractivity contribution is -0.113. The highest BCUT2D eigenvalue weighted by Crippen LogP contribution is 2.25. The number of aryl methyl sites for hydroxylation is 2. The molecule has 0 aliphatic carbocycles.